The zero-order chi connectivity index (χ0) is 14.9. The molecule has 21 heavy (non-hydrogen) atoms. The summed E-state index contributed by atoms with van der Waals surface area (Å²) >= 11 is 3.36. The van der Waals surface area contributed by atoms with Crippen molar-refractivity contribution in [2.75, 3.05) is 20.3 Å². The Morgan fingerprint density at radius 1 is 1.33 bits per heavy atom. The Morgan fingerprint density at radius 2 is 2.10 bits per heavy atom. The normalized spacial score (nSPS) is 17.8. The predicted octanol–water partition coefficient (Wildman–Crippen LogP) is 2.86. The molecule has 1 aromatic heterocycles. The summed E-state index contributed by atoms with van der Waals surface area (Å²) in [7, 11) is 1.64. The minimum absolute atomic E-state index is 0.0897. The molecule has 6 nitrogen and oxygen atoms in total. The van der Waals surface area contributed by atoms with E-state index in [-0.39, 0.29) is 11.6 Å². The fourth-order valence-electron chi connectivity index (χ4n) is 2.42. The van der Waals surface area contributed by atoms with Crippen LogP contribution in [0.5, 0.6) is 5.75 Å². The van der Waals surface area contributed by atoms with Gasteiger partial charge in [0.1, 0.15) is 11.4 Å². The van der Waals surface area contributed by atoms with Crippen LogP contribution in [0.4, 0.5) is 0 Å². The molecule has 0 saturated carbocycles. The summed E-state index contributed by atoms with van der Waals surface area (Å²) in [5.41, 5.74) is -0.0943. The average Bonchev–Trinajstić information content (AvgIpc) is 3.00. The van der Waals surface area contributed by atoms with Gasteiger partial charge in [-0.05, 0) is 18.2 Å². The highest BCUT2D eigenvalue weighted by molar-refractivity contribution is 9.10. The molecule has 0 unspecified atom stereocenters. The summed E-state index contributed by atoms with van der Waals surface area (Å²) in [6, 6.07) is 5.05. The molecule has 0 aliphatic carbocycles. The summed E-state index contributed by atoms with van der Waals surface area (Å²) in [5.74, 6) is 0.848. The van der Waals surface area contributed by atoms with E-state index < -0.39 is 5.60 Å². The number of nitrogens with zero attached hydrogens (tertiary/aromatic N) is 2. The van der Waals surface area contributed by atoms with Gasteiger partial charge in [-0.2, -0.15) is 4.98 Å². The first-order valence-corrected chi connectivity index (χ1v) is 7.40. The summed E-state index contributed by atoms with van der Waals surface area (Å²) in [4.78, 5) is 4.41. The smallest absolute Gasteiger partial charge is 0.261 e. The van der Waals surface area contributed by atoms with Gasteiger partial charge in [-0.1, -0.05) is 21.1 Å². The monoisotopic (exact) mass is 354 g/mol. The van der Waals surface area contributed by atoms with Gasteiger partial charge in [0.05, 0.1) is 5.56 Å². The number of hydrogen-bond donors (Lipinski definition) is 1. The van der Waals surface area contributed by atoms with Gasteiger partial charge in [-0.25, -0.2) is 0 Å². The van der Waals surface area contributed by atoms with Crippen molar-refractivity contribution in [2.45, 2.75) is 18.4 Å². The second-order valence-corrected chi connectivity index (χ2v) is 5.81. The Labute approximate surface area is 130 Å². The van der Waals surface area contributed by atoms with E-state index in [4.69, 9.17) is 14.0 Å². The lowest BCUT2D eigenvalue weighted by Crippen LogP contribution is -2.36. The van der Waals surface area contributed by atoms with Gasteiger partial charge in [0.2, 0.25) is 5.82 Å². The second kappa shape index (κ2) is 5.75. The molecule has 1 aliphatic heterocycles. The highest BCUT2D eigenvalue weighted by atomic mass is 79.9. The van der Waals surface area contributed by atoms with E-state index in [1.165, 1.54) is 0 Å². The number of halogens is 1. The number of phenols is 1. The van der Waals surface area contributed by atoms with Gasteiger partial charge >= 0.3 is 0 Å². The Balaban J connectivity index is 1.97. The summed E-state index contributed by atoms with van der Waals surface area (Å²) in [6.07, 6.45) is 1.35. The minimum Gasteiger partial charge on any atom is -0.507 e. The summed E-state index contributed by atoms with van der Waals surface area (Å²) in [6.45, 7) is 1.19. The molecule has 3 rings (SSSR count). The number of benzene rings is 1. The van der Waals surface area contributed by atoms with E-state index >= 15 is 0 Å². The van der Waals surface area contributed by atoms with E-state index in [9.17, 15) is 5.11 Å². The highest BCUT2D eigenvalue weighted by Crippen LogP contribution is 2.36. The molecule has 2 aromatic rings. The maximum Gasteiger partial charge on any atom is 0.261 e. The zero-order valence-corrected chi connectivity index (χ0v) is 13.1. The molecule has 1 saturated heterocycles. The molecule has 1 aliphatic rings. The fraction of sp³-hybridized carbons (Fsp3) is 0.429. The topological polar surface area (TPSA) is 77.6 Å². The standard InChI is InChI=1S/C14H15BrN2O4/c1-19-14(4-6-20-7-5-14)13-16-12(21-17-13)10-8-9(15)2-3-11(10)18/h2-3,8,18H,4-7H2,1H3. The fourth-order valence-corrected chi connectivity index (χ4v) is 2.78. The molecular weight excluding hydrogens is 340 g/mol. The van der Waals surface area contributed by atoms with E-state index in [1.54, 1.807) is 25.3 Å². The van der Waals surface area contributed by atoms with Crippen molar-refractivity contribution in [2.24, 2.45) is 0 Å². The number of methoxy groups -OCH3 is 1. The third kappa shape index (κ3) is 2.68. The van der Waals surface area contributed by atoms with Crippen LogP contribution in [0.15, 0.2) is 27.2 Å². The van der Waals surface area contributed by atoms with Crippen molar-refractivity contribution in [1.29, 1.82) is 0 Å². The van der Waals surface area contributed by atoms with E-state index in [0.717, 1.165) is 4.47 Å². The van der Waals surface area contributed by atoms with Crippen LogP contribution in [0.1, 0.15) is 18.7 Å². The average molecular weight is 355 g/mol. The van der Waals surface area contributed by atoms with Crippen LogP contribution in [0.25, 0.3) is 11.5 Å². The third-order valence-electron chi connectivity index (χ3n) is 3.71. The van der Waals surface area contributed by atoms with Gasteiger partial charge in [0.15, 0.2) is 0 Å². The van der Waals surface area contributed by atoms with Gasteiger partial charge in [-0.3, -0.25) is 0 Å². The van der Waals surface area contributed by atoms with Crippen LogP contribution in [-0.4, -0.2) is 35.6 Å². The first kappa shape index (κ1) is 14.5. The van der Waals surface area contributed by atoms with Crippen molar-refractivity contribution < 1.29 is 19.1 Å². The number of aromatic nitrogens is 2. The maximum atomic E-state index is 9.93. The highest BCUT2D eigenvalue weighted by Gasteiger charge is 2.39. The van der Waals surface area contributed by atoms with Crippen LogP contribution in [0, 0.1) is 0 Å². The van der Waals surface area contributed by atoms with E-state index in [2.05, 4.69) is 26.1 Å². The first-order valence-electron chi connectivity index (χ1n) is 6.60. The van der Waals surface area contributed by atoms with Crippen molar-refractivity contribution in [3.8, 4) is 17.2 Å². The van der Waals surface area contributed by atoms with Crippen LogP contribution >= 0.6 is 15.9 Å². The quantitative estimate of drug-likeness (QED) is 0.912. The molecule has 1 fully saturated rings. The zero-order valence-electron chi connectivity index (χ0n) is 11.5. The van der Waals surface area contributed by atoms with Gasteiger partial charge in [-0.15, -0.1) is 0 Å². The molecule has 112 valence electrons. The number of ether oxygens (including phenoxy) is 2. The van der Waals surface area contributed by atoms with Gasteiger partial charge in [0, 0.05) is 37.6 Å². The summed E-state index contributed by atoms with van der Waals surface area (Å²) < 4.78 is 17.1. The van der Waals surface area contributed by atoms with E-state index in [0.29, 0.717) is 37.4 Å². The number of aromatic hydroxyl groups is 1. The van der Waals surface area contributed by atoms with Crippen molar-refractivity contribution in [1.82, 2.24) is 10.1 Å². The van der Waals surface area contributed by atoms with Gasteiger partial charge < -0.3 is 19.1 Å². The molecule has 1 N–H and O–H groups in total. The van der Waals surface area contributed by atoms with Crippen LogP contribution in [0.2, 0.25) is 0 Å². The minimum atomic E-state index is -0.582. The van der Waals surface area contributed by atoms with Crippen molar-refractivity contribution >= 4 is 15.9 Å². The number of phenolic OH excluding ortho intramolecular Hbond substituents is 1. The molecule has 1 aromatic carbocycles. The lowest BCUT2D eigenvalue weighted by molar-refractivity contribution is -0.101. The third-order valence-corrected chi connectivity index (χ3v) is 4.21. The molecular formula is C14H15BrN2O4. The second-order valence-electron chi connectivity index (χ2n) is 4.90. The van der Waals surface area contributed by atoms with Crippen molar-refractivity contribution in [3.63, 3.8) is 0 Å². The van der Waals surface area contributed by atoms with Crippen LogP contribution < -0.4 is 0 Å². The molecule has 0 amide bonds. The van der Waals surface area contributed by atoms with Crippen LogP contribution in [0.3, 0.4) is 0 Å². The molecule has 0 atom stereocenters. The van der Waals surface area contributed by atoms with Gasteiger partial charge in [0.25, 0.3) is 5.89 Å². The van der Waals surface area contributed by atoms with Crippen LogP contribution in [-0.2, 0) is 15.1 Å². The molecule has 0 bridgehead atoms. The van der Waals surface area contributed by atoms with Crippen molar-refractivity contribution in [3.05, 3.63) is 28.5 Å². The Hall–Kier alpha value is -1.44. The van der Waals surface area contributed by atoms with E-state index in [1.807, 2.05) is 0 Å². The maximum absolute atomic E-state index is 9.93. The molecule has 7 heteroatoms. The largest absolute Gasteiger partial charge is 0.507 e. The number of rotatable bonds is 3. The Bertz CT molecular complexity index is 638. The SMILES string of the molecule is COC1(c2noc(-c3cc(Br)ccc3O)n2)CCOCC1. The Kier molecular flexibility index (Phi) is 3.97. The lowest BCUT2D eigenvalue weighted by atomic mass is 9.93. The predicted molar refractivity (Wildman–Crippen MR) is 77.8 cm³/mol. The molecule has 0 spiro atoms. The Morgan fingerprint density at radius 3 is 2.81 bits per heavy atom. The summed E-state index contributed by atoms with van der Waals surface area (Å²) in [5, 5.41) is 14.0. The first-order chi connectivity index (χ1) is 10.1. The molecule has 2 heterocycles. The lowest BCUT2D eigenvalue weighted by Gasteiger charge is -2.32. The number of hydrogen-bond acceptors (Lipinski definition) is 6. The molecule has 0 radical (unpaired) electrons.